The van der Waals surface area contributed by atoms with Crippen LogP contribution in [-0.2, 0) is 12.8 Å². The molecule has 0 aliphatic carbocycles. The van der Waals surface area contributed by atoms with Crippen LogP contribution in [0.1, 0.15) is 21.5 Å². The molecule has 0 fully saturated rings. The molecule has 4 nitrogen and oxygen atoms in total. The molecule has 1 N–H and O–H groups in total. The van der Waals surface area contributed by atoms with E-state index in [2.05, 4.69) is 0 Å². The van der Waals surface area contributed by atoms with Crippen LogP contribution in [0.15, 0.2) is 36.4 Å². The van der Waals surface area contributed by atoms with Gasteiger partial charge in [-0.2, -0.15) is 0 Å². The number of carbonyl (C=O) groups excluding carboxylic acids is 1. The Morgan fingerprint density at radius 1 is 0.905 bits per heavy atom. The fraction of sp³-hybridized carbons (Fsp3) is 0.235. The minimum Gasteiger partial charge on any atom is -0.508 e. The lowest BCUT2D eigenvalue weighted by Crippen LogP contribution is -1.85. The second kappa shape index (κ2) is 5.87. The second-order valence-corrected chi connectivity index (χ2v) is 4.97. The lowest BCUT2D eigenvalue weighted by molar-refractivity contribution is 0.112. The van der Waals surface area contributed by atoms with Crippen LogP contribution in [0, 0.1) is 0 Å². The zero-order valence-corrected chi connectivity index (χ0v) is 11.5. The Kier molecular flexibility index (Phi) is 3.77. The summed E-state index contributed by atoms with van der Waals surface area (Å²) in [7, 11) is 0. The first-order valence-electron chi connectivity index (χ1n) is 6.92. The van der Waals surface area contributed by atoms with E-state index in [0.717, 1.165) is 60.5 Å². The lowest BCUT2D eigenvalue weighted by Gasteiger charge is -1.97. The number of hydrogen-bond acceptors (Lipinski definition) is 4. The van der Waals surface area contributed by atoms with Crippen molar-refractivity contribution in [2.45, 2.75) is 12.8 Å². The van der Waals surface area contributed by atoms with Crippen LogP contribution in [0.2, 0.25) is 0 Å². The summed E-state index contributed by atoms with van der Waals surface area (Å²) in [6, 6.07) is 10.7. The molecule has 4 rings (SSSR count). The normalized spacial score (nSPS) is 14.1. The number of phenols is 1. The van der Waals surface area contributed by atoms with E-state index in [-0.39, 0.29) is 0 Å². The smallest absolute Gasteiger partial charge is 0.150 e. The van der Waals surface area contributed by atoms with Crippen molar-refractivity contribution in [3.63, 3.8) is 0 Å². The van der Waals surface area contributed by atoms with Crippen molar-refractivity contribution in [1.82, 2.24) is 0 Å². The van der Waals surface area contributed by atoms with Crippen molar-refractivity contribution in [2.75, 3.05) is 13.2 Å². The van der Waals surface area contributed by atoms with Gasteiger partial charge in [0.25, 0.3) is 0 Å². The maximum atomic E-state index is 10.4. The molecule has 4 heteroatoms. The van der Waals surface area contributed by atoms with Crippen LogP contribution >= 0.6 is 0 Å². The summed E-state index contributed by atoms with van der Waals surface area (Å²) in [6.07, 6.45) is 2.71. The Balaban J connectivity index is 0.000000126. The lowest BCUT2D eigenvalue weighted by atomic mass is 10.1. The molecule has 2 aromatic rings. The maximum Gasteiger partial charge on any atom is 0.150 e. The van der Waals surface area contributed by atoms with Crippen molar-refractivity contribution < 1.29 is 19.4 Å². The van der Waals surface area contributed by atoms with Crippen LogP contribution in [0.25, 0.3) is 0 Å². The van der Waals surface area contributed by atoms with Crippen molar-refractivity contribution in [3.8, 4) is 17.2 Å². The first kappa shape index (κ1) is 13.5. The van der Waals surface area contributed by atoms with Gasteiger partial charge < -0.3 is 14.6 Å². The first-order chi connectivity index (χ1) is 10.3. The van der Waals surface area contributed by atoms with Crippen LogP contribution in [0.3, 0.4) is 0 Å². The quantitative estimate of drug-likeness (QED) is 0.818. The molecule has 0 saturated heterocycles. The third kappa shape index (κ3) is 2.99. The van der Waals surface area contributed by atoms with Crippen molar-refractivity contribution in [3.05, 3.63) is 53.1 Å². The fourth-order valence-corrected chi connectivity index (χ4v) is 2.45. The van der Waals surface area contributed by atoms with Crippen LogP contribution in [-0.4, -0.2) is 24.6 Å². The molecule has 0 bridgehead atoms. The predicted octanol–water partition coefficient (Wildman–Crippen LogP) is 2.76. The number of ether oxygens (including phenoxy) is 2. The van der Waals surface area contributed by atoms with E-state index in [4.69, 9.17) is 14.6 Å². The molecule has 0 unspecified atom stereocenters. The van der Waals surface area contributed by atoms with E-state index in [0.29, 0.717) is 5.75 Å². The highest BCUT2D eigenvalue weighted by Gasteiger charge is 2.11. The summed E-state index contributed by atoms with van der Waals surface area (Å²) < 4.78 is 10.5. The van der Waals surface area contributed by atoms with Gasteiger partial charge in [0.05, 0.1) is 13.2 Å². The standard InChI is InChI=1S/C9H8O2.C8H8O2/c10-6-7-1-2-9-8(5-7)3-4-11-9;9-7-1-2-8-6(5-7)3-4-10-8/h1-2,5-6H,3-4H2;1-2,5,9H,3-4H2. The third-order valence-corrected chi connectivity index (χ3v) is 3.52. The molecule has 0 aromatic heterocycles. The van der Waals surface area contributed by atoms with E-state index in [9.17, 15) is 4.79 Å². The molecule has 0 radical (unpaired) electrons. The highest BCUT2D eigenvalue weighted by molar-refractivity contribution is 5.75. The van der Waals surface area contributed by atoms with E-state index < -0.39 is 0 Å². The Bertz CT molecular complexity index is 664. The average Bonchev–Trinajstić information content (AvgIpc) is 3.15. The van der Waals surface area contributed by atoms with Gasteiger partial charge in [-0.3, -0.25) is 4.79 Å². The van der Waals surface area contributed by atoms with Crippen LogP contribution in [0.4, 0.5) is 0 Å². The summed E-state index contributed by atoms with van der Waals surface area (Å²) >= 11 is 0. The zero-order valence-electron chi connectivity index (χ0n) is 11.5. The Morgan fingerprint density at radius 2 is 1.52 bits per heavy atom. The topological polar surface area (TPSA) is 55.8 Å². The largest absolute Gasteiger partial charge is 0.508 e. The molecule has 2 heterocycles. The maximum absolute atomic E-state index is 10.4. The summed E-state index contributed by atoms with van der Waals surface area (Å²) in [5, 5.41) is 9.04. The molecule has 0 amide bonds. The highest BCUT2D eigenvalue weighted by Crippen LogP contribution is 2.28. The number of rotatable bonds is 1. The number of carbonyl (C=O) groups is 1. The average molecular weight is 284 g/mol. The number of fused-ring (bicyclic) bond motifs is 2. The minimum atomic E-state index is 0.323. The molecular weight excluding hydrogens is 268 g/mol. The second-order valence-electron chi connectivity index (χ2n) is 4.97. The first-order valence-corrected chi connectivity index (χ1v) is 6.92. The van der Waals surface area contributed by atoms with Crippen molar-refractivity contribution in [1.29, 1.82) is 0 Å². The summed E-state index contributed by atoms with van der Waals surface area (Å²) in [5.74, 6) is 2.16. The van der Waals surface area contributed by atoms with Crippen LogP contribution < -0.4 is 9.47 Å². The van der Waals surface area contributed by atoms with Gasteiger partial charge in [0.15, 0.2) is 0 Å². The number of aldehydes is 1. The molecule has 108 valence electrons. The molecule has 2 aromatic carbocycles. The molecule has 0 spiro atoms. The van der Waals surface area contributed by atoms with Gasteiger partial charge in [-0.15, -0.1) is 0 Å². The van der Waals surface area contributed by atoms with Gasteiger partial charge in [0.1, 0.15) is 23.5 Å². The van der Waals surface area contributed by atoms with E-state index in [1.807, 2.05) is 12.1 Å². The van der Waals surface area contributed by atoms with E-state index in [1.165, 1.54) is 0 Å². The predicted molar refractivity (Wildman–Crippen MR) is 78.3 cm³/mol. The Morgan fingerprint density at radius 3 is 2.19 bits per heavy atom. The van der Waals surface area contributed by atoms with E-state index in [1.54, 1.807) is 24.3 Å². The summed E-state index contributed by atoms with van der Waals surface area (Å²) in [4.78, 5) is 10.4. The molecule has 21 heavy (non-hydrogen) atoms. The van der Waals surface area contributed by atoms with Gasteiger partial charge in [0.2, 0.25) is 0 Å². The van der Waals surface area contributed by atoms with Gasteiger partial charge in [0, 0.05) is 24.0 Å². The monoisotopic (exact) mass is 284 g/mol. The molecule has 0 saturated carbocycles. The summed E-state index contributed by atoms with van der Waals surface area (Å²) in [5.41, 5.74) is 2.99. The van der Waals surface area contributed by atoms with Gasteiger partial charge in [-0.1, -0.05) is 0 Å². The summed E-state index contributed by atoms with van der Waals surface area (Å²) in [6.45, 7) is 1.50. The van der Waals surface area contributed by atoms with Gasteiger partial charge in [-0.05, 0) is 42.0 Å². The Hall–Kier alpha value is -2.49. The highest BCUT2D eigenvalue weighted by atomic mass is 16.5. The van der Waals surface area contributed by atoms with Gasteiger partial charge in [-0.25, -0.2) is 0 Å². The Labute approximate surface area is 122 Å². The van der Waals surface area contributed by atoms with Gasteiger partial charge >= 0.3 is 0 Å². The number of aromatic hydroxyl groups is 1. The van der Waals surface area contributed by atoms with E-state index >= 15 is 0 Å². The fourth-order valence-electron chi connectivity index (χ4n) is 2.45. The molecule has 0 atom stereocenters. The molecular formula is C17H16O4. The minimum absolute atomic E-state index is 0.323. The van der Waals surface area contributed by atoms with Crippen molar-refractivity contribution >= 4 is 6.29 Å². The molecule has 2 aliphatic heterocycles. The molecule has 2 aliphatic rings. The SMILES string of the molecule is O=Cc1ccc2c(c1)CCO2.Oc1ccc2c(c1)CCO2. The van der Waals surface area contributed by atoms with Crippen LogP contribution in [0.5, 0.6) is 17.2 Å². The van der Waals surface area contributed by atoms with Crippen molar-refractivity contribution in [2.24, 2.45) is 0 Å². The number of benzene rings is 2. The number of hydrogen-bond donors (Lipinski definition) is 1. The zero-order chi connectivity index (χ0) is 14.7. The third-order valence-electron chi connectivity index (χ3n) is 3.52. The number of phenolic OH excluding ortho intramolecular Hbond substituents is 1.